The van der Waals surface area contributed by atoms with Crippen LogP contribution >= 0.6 is 0 Å². The molecule has 0 atom stereocenters. The van der Waals surface area contributed by atoms with Gasteiger partial charge in [-0.15, -0.1) is 0 Å². The molecule has 4 aromatic rings. The van der Waals surface area contributed by atoms with E-state index in [0.717, 1.165) is 64.8 Å². The van der Waals surface area contributed by atoms with Crippen LogP contribution in [0.1, 0.15) is 58.9 Å². The predicted molar refractivity (Wildman–Crippen MR) is 175 cm³/mol. The fourth-order valence-electron chi connectivity index (χ4n) is 5.59. The fourth-order valence-corrected chi connectivity index (χ4v) is 8.00. The molecule has 2 heterocycles. The molecule has 1 N–H and O–H groups in total. The number of hydrogen-bond acceptors (Lipinski definition) is 4. The number of aryl methyl sites for hydroxylation is 1. The average molecular weight is 804 g/mol. The van der Waals surface area contributed by atoms with Gasteiger partial charge in [0.1, 0.15) is 0 Å². The molecule has 1 aromatic heterocycles. The van der Waals surface area contributed by atoms with E-state index < -0.39 is 13.3 Å². The molecule has 1 radical (unpaired) electrons. The van der Waals surface area contributed by atoms with Gasteiger partial charge in [0.15, 0.2) is 5.78 Å². The van der Waals surface area contributed by atoms with Gasteiger partial charge in [-0.2, -0.15) is 0 Å². The minimum atomic E-state index is -1.98. The Kier molecular flexibility index (Phi) is 11.6. The number of fused-ring (bicyclic) bond motifs is 3. The van der Waals surface area contributed by atoms with Crippen LogP contribution in [0.4, 0.5) is 0 Å². The first-order chi connectivity index (χ1) is 19.5. The first-order valence-corrected chi connectivity index (χ1v) is 22.4. The van der Waals surface area contributed by atoms with Crippen molar-refractivity contribution in [2.24, 2.45) is 11.8 Å². The zero-order valence-electron chi connectivity index (χ0n) is 26.2. The number of ether oxygens (including phenoxy) is 1. The van der Waals surface area contributed by atoms with Crippen LogP contribution in [0.5, 0.6) is 11.5 Å². The summed E-state index contributed by atoms with van der Waals surface area (Å²) in [6, 6.07) is 18.6. The molecule has 225 valence electrons. The zero-order valence-corrected chi connectivity index (χ0v) is 30.7. The molecular weight excluding hydrogens is 759 g/mol. The van der Waals surface area contributed by atoms with E-state index in [2.05, 4.69) is 72.7 Å². The number of aliphatic hydroxyl groups is 1. The van der Waals surface area contributed by atoms with Gasteiger partial charge in [-0.05, 0) is 25.7 Å². The van der Waals surface area contributed by atoms with E-state index in [1.807, 2.05) is 33.9 Å². The number of allylic oxidation sites excluding steroid dienone is 2. The van der Waals surface area contributed by atoms with Crippen LogP contribution < -0.4 is 9.13 Å². The SMILES string of the molecule is CCC(CC)C(=O)/C=C(\O)C(CC)CC.Cc1c2c([c-]c3ccccc13)-c1nccc3c[c]([Ge]([CH3])([CH3])[CH3])cc(c13)O2.[Ir]. The third-order valence-corrected chi connectivity index (χ3v) is 12.6. The minimum absolute atomic E-state index is 0. The molecule has 0 saturated carbocycles. The number of carbonyl (C=O) groups is 1. The standard InChI is InChI=1S/C23H20GeNO.C13H24O2.Ir/c1-14-18-8-6-5-7-15(18)12-19-22-21-16(9-10-25-22)11-17(24(2,3)4)13-20(21)26-23(14)19;1-5-10(6-2)12(14)9-13(15)11(7-3)8-4;/h5-11,13H,1-4H3;9-11,14H,5-8H2,1-4H3;/q-1;;/b;12-9-;. The van der Waals surface area contributed by atoms with Gasteiger partial charge in [0.2, 0.25) is 0 Å². The van der Waals surface area contributed by atoms with Gasteiger partial charge in [0, 0.05) is 38.0 Å². The van der Waals surface area contributed by atoms with E-state index in [9.17, 15) is 9.90 Å². The molecule has 0 saturated heterocycles. The third kappa shape index (κ3) is 7.01. The molecule has 0 unspecified atom stereocenters. The number of benzene rings is 3. The summed E-state index contributed by atoms with van der Waals surface area (Å²) in [5, 5.41) is 14.4. The van der Waals surface area contributed by atoms with Gasteiger partial charge >= 0.3 is 156 Å². The van der Waals surface area contributed by atoms with Gasteiger partial charge in [-0.25, -0.2) is 0 Å². The Bertz CT molecular complexity index is 1600. The van der Waals surface area contributed by atoms with E-state index in [0.29, 0.717) is 0 Å². The fraction of sp³-hybridized carbons (Fsp3) is 0.389. The van der Waals surface area contributed by atoms with Crippen molar-refractivity contribution in [3.63, 3.8) is 0 Å². The second-order valence-electron chi connectivity index (χ2n) is 12.1. The van der Waals surface area contributed by atoms with Gasteiger partial charge in [0.05, 0.1) is 5.76 Å². The Morgan fingerprint density at radius 3 is 2.26 bits per heavy atom. The molecule has 5 rings (SSSR count). The second kappa shape index (κ2) is 14.3. The summed E-state index contributed by atoms with van der Waals surface area (Å²) in [5.74, 6) is 9.64. The Hall–Kier alpha value is -2.47. The summed E-state index contributed by atoms with van der Waals surface area (Å²) < 4.78 is 7.94. The van der Waals surface area contributed by atoms with Crippen LogP contribution in [0.2, 0.25) is 17.3 Å². The number of hydrogen-bond donors (Lipinski definition) is 1. The molecule has 0 spiro atoms. The van der Waals surface area contributed by atoms with E-state index in [-0.39, 0.29) is 43.5 Å². The third-order valence-electron chi connectivity index (χ3n) is 8.38. The monoisotopic (exact) mass is 805 g/mol. The number of carbonyl (C=O) groups excluding carboxylic acids is 1. The average Bonchev–Trinajstić information content (AvgIpc) is 2.95. The number of aromatic nitrogens is 1. The molecule has 0 amide bonds. The Morgan fingerprint density at radius 2 is 1.64 bits per heavy atom. The number of rotatable bonds is 8. The van der Waals surface area contributed by atoms with Crippen molar-refractivity contribution in [3.05, 3.63) is 72.1 Å². The minimum Gasteiger partial charge on any atom is 0 e. The summed E-state index contributed by atoms with van der Waals surface area (Å²) in [6.07, 6.45) is 6.82. The topological polar surface area (TPSA) is 59.4 Å². The number of ketones is 1. The summed E-state index contributed by atoms with van der Waals surface area (Å²) in [4.78, 5) is 16.4. The molecule has 0 bridgehead atoms. The van der Waals surface area contributed by atoms with Gasteiger partial charge in [0.25, 0.3) is 0 Å². The molecule has 42 heavy (non-hydrogen) atoms. The number of aliphatic hydroxyl groups excluding tert-OH is 1. The second-order valence-corrected chi connectivity index (χ2v) is 22.7. The maximum Gasteiger partial charge on any atom is 0 e. The zero-order chi connectivity index (χ0) is 29.9. The van der Waals surface area contributed by atoms with Crippen LogP contribution in [0.25, 0.3) is 32.8 Å². The van der Waals surface area contributed by atoms with E-state index in [1.54, 1.807) is 0 Å². The van der Waals surface area contributed by atoms with Crippen molar-refractivity contribution in [1.29, 1.82) is 0 Å². The van der Waals surface area contributed by atoms with Crippen LogP contribution in [0.15, 0.2) is 60.5 Å². The molecule has 0 aliphatic carbocycles. The van der Waals surface area contributed by atoms with Crippen molar-refractivity contribution in [3.8, 4) is 22.8 Å². The Morgan fingerprint density at radius 1 is 1.00 bits per heavy atom. The molecular formula is C36H44GeIrNO3-. The number of nitrogens with zero attached hydrogens (tertiary/aromatic N) is 1. The van der Waals surface area contributed by atoms with Crippen molar-refractivity contribution >= 4 is 45.0 Å². The quantitative estimate of drug-likeness (QED) is 0.0735. The molecule has 6 heteroatoms. The van der Waals surface area contributed by atoms with E-state index >= 15 is 0 Å². The predicted octanol–water partition coefficient (Wildman–Crippen LogP) is 9.68. The largest absolute Gasteiger partial charge is 0 e. The van der Waals surface area contributed by atoms with Gasteiger partial charge in [-0.1, -0.05) is 27.7 Å². The maximum atomic E-state index is 11.7. The summed E-state index contributed by atoms with van der Waals surface area (Å²) >= 11 is -1.98. The van der Waals surface area contributed by atoms with Crippen molar-refractivity contribution < 1.29 is 34.7 Å². The van der Waals surface area contributed by atoms with E-state index in [1.165, 1.54) is 21.2 Å². The molecule has 3 aromatic carbocycles. The normalized spacial score (nSPS) is 12.5. The van der Waals surface area contributed by atoms with Crippen LogP contribution in [-0.2, 0) is 24.9 Å². The molecule has 0 fully saturated rings. The van der Waals surface area contributed by atoms with Crippen molar-refractivity contribution in [2.75, 3.05) is 0 Å². The molecule has 1 aliphatic heterocycles. The maximum absolute atomic E-state index is 11.7. The van der Waals surface area contributed by atoms with Crippen molar-refractivity contribution in [2.45, 2.75) is 77.6 Å². The van der Waals surface area contributed by atoms with Gasteiger partial charge < -0.3 is 5.11 Å². The Balaban J connectivity index is 0.000000263. The first kappa shape index (κ1) is 34.0. The Labute approximate surface area is 267 Å². The molecule has 4 nitrogen and oxygen atoms in total. The van der Waals surface area contributed by atoms with Crippen LogP contribution in [0.3, 0.4) is 0 Å². The number of pyridine rings is 1. The smallest absolute Gasteiger partial charge is 0 e. The van der Waals surface area contributed by atoms with E-state index in [4.69, 9.17) is 9.72 Å². The van der Waals surface area contributed by atoms with Gasteiger partial charge in [-0.3, -0.25) is 4.79 Å². The summed E-state index contributed by atoms with van der Waals surface area (Å²) in [6.45, 7) is 10.2. The van der Waals surface area contributed by atoms with Crippen LogP contribution in [0, 0.1) is 24.8 Å². The summed E-state index contributed by atoms with van der Waals surface area (Å²) in [5.41, 5.74) is 3.12. The molecule has 1 aliphatic rings. The summed E-state index contributed by atoms with van der Waals surface area (Å²) in [7, 11) is 0. The first-order valence-electron chi connectivity index (χ1n) is 15.0. The van der Waals surface area contributed by atoms with Crippen LogP contribution in [-0.4, -0.2) is 29.1 Å². The van der Waals surface area contributed by atoms with Crippen molar-refractivity contribution in [1.82, 2.24) is 4.98 Å².